The highest BCUT2D eigenvalue weighted by Crippen LogP contribution is 1.99. The van der Waals surface area contributed by atoms with Gasteiger partial charge in [-0.15, -0.1) is 0 Å². The summed E-state index contributed by atoms with van der Waals surface area (Å²) in [5.41, 5.74) is 1.21. The molecule has 1 aromatic rings. The van der Waals surface area contributed by atoms with E-state index >= 15 is 0 Å². The smallest absolute Gasteiger partial charge is 0.329 e. The van der Waals surface area contributed by atoms with Crippen LogP contribution in [0.3, 0.4) is 0 Å². The number of esters is 1. The van der Waals surface area contributed by atoms with Crippen LogP contribution in [0.4, 0.5) is 0 Å². The molecule has 0 N–H and O–H groups in total. The molecule has 0 bridgehead atoms. The molecule has 0 heterocycles. The molecule has 0 saturated carbocycles. The summed E-state index contributed by atoms with van der Waals surface area (Å²) in [7, 11) is 1.31. The molecular formula is C14H16O2. The highest BCUT2D eigenvalue weighted by Gasteiger charge is 1.82. The molecule has 0 spiro atoms. The van der Waals surface area contributed by atoms with E-state index in [0.29, 0.717) is 0 Å². The summed E-state index contributed by atoms with van der Waals surface area (Å²) in [6.07, 6.45) is 6.83. The maximum atomic E-state index is 9.84. The molecule has 0 fully saturated rings. The largest absolute Gasteiger partial charge is 0.466 e. The Morgan fingerprint density at radius 3 is 2.25 bits per heavy atom. The first kappa shape index (κ1) is 13.9. The summed E-state index contributed by atoms with van der Waals surface area (Å²) < 4.78 is 4.14. The van der Waals surface area contributed by atoms with Crippen LogP contribution in [0.25, 0.3) is 6.08 Å². The first-order valence-corrected chi connectivity index (χ1v) is 4.79. The van der Waals surface area contributed by atoms with Crippen molar-refractivity contribution in [2.24, 2.45) is 0 Å². The van der Waals surface area contributed by atoms with Gasteiger partial charge in [0.2, 0.25) is 0 Å². The third kappa shape index (κ3) is 7.33. The fourth-order valence-electron chi connectivity index (χ4n) is 0.827. The van der Waals surface area contributed by atoms with E-state index in [1.807, 2.05) is 30.4 Å². The molecule has 0 aliphatic heterocycles. The fourth-order valence-corrected chi connectivity index (χ4v) is 0.827. The number of rotatable bonds is 3. The topological polar surface area (TPSA) is 26.3 Å². The molecule has 2 nitrogen and oxygen atoms in total. The molecule has 0 atom stereocenters. The monoisotopic (exact) mass is 216 g/mol. The Hall–Kier alpha value is -2.09. The van der Waals surface area contributed by atoms with Crippen molar-refractivity contribution in [2.75, 3.05) is 7.11 Å². The molecule has 0 aliphatic carbocycles. The first-order valence-electron chi connectivity index (χ1n) is 4.79. The van der Waals surface area contributed by atoms with Crippen molar-refractivity contribution in [1.29, 1.82) is 0 Å². The van der Waals surface area contributed by atoms with Crippen LogP contribution in [-0.2, 0) is 9.53 Å². The number of hydrogen-bond donors (Lipinski definition) is 0. The molecule has 0 radical (unpaired) electrons. The van der Waals surface area contributed by atoms with Crippen molar-refractivity contribution < 1.29 is 9.53 Å². The molecule has 1 rings (SSSR count). The Morgan fingerprint density at radius 1 is 1.25 bits per heavy atom. The molecule has 84 valence electrons. The Bertz CT molecular complexity index is 350. The third-order valence-electron chi connectivity index (χ3n) is 1.59. The summed E-state index contributed by atoms with van der Waals surface area (Å²) in [4.78, 5) is 9.84. The van der Waals surface area contributed by atoms with E-state index in [-0.39, 0.29) is 0 Å². The second-order valence-electron chi connectivity index (χ2n) is 2.73. The number of carbonyl (C=O) groups is 1. The Labute approximate surface area is 96.6 Å². The van der Waals surface area contributed by atoms with Crippen molar-refractivity contribution in [2.45, 2.75) is 0 Å². The molecule has 0 saturated heterocycles. The summed E-state index contributed by atoms with van der Waals surface area (Å²) in [5.74, 6) is -0.394. The van der Waals surface area contributed by atoms with Crippen LogP contribution in [0.1, 0.15) is 5.56 Å². The van der Waals surface area contributed by atoms with E-state index in [4.69, 9.17) is 0 Å². The van der Waals surface area contributed by atoms with Gasteiger partial charge in [-0.05, 0) is 5.56 Å². The number of ether oxygens (including phenoxy) is 1. The zero-order valence-electron chi connectivity index (χ0n) is 9.43. The van der Waals surface area contributed by atoms with Crippen molar-refractivity contribution in [1.82, 2.24) is 0 Å². The van der Waals surface area contributed by atoms with Gasteiger partial charge in [0.15, 0.2) is 0 Å². The average molecular weight is 216 g/mol. The zero-order valence-corrected chi connectivity index (χ0v) is 9.43. The second-order valence-corrected chi connectivity index (χ2v) is 2.73. The van der Waals surface area contributed by atoms with Gasteiger partial charge < -0.3 is 4.74 Å². The van der Waals surface area contributed by atoms with E-state index < -0.39 is 5.97 Å². The van der Waals surface area contributed by atoms with Gasteiger partial charge in [-0.3, -0.25) is 0 Å². The van der Waals surface area contributed by atoms with Gasteiger partial charge in [-0.25, -0.2) is 4.79 Å². The molecule has 2 heteroatoms. The van der Waals surface area contributed by atoms with E-state index in [0.717, 1.165) is 6.08 Å². The second kappa shape index (κ2) is 9.46. The fraction of sp³-hybridized carbons (Fsp3) is 0.0714. The molecule has 1 aromatic carbocycles. The first-order chi connectivity index (χ1) is 7.74. The minimum absolute atomic E-state index is 0.394. The summed E-state index contributed by atoms with van der Waals surface area (Å²) in [6.45, 7) is 6.75. The summed E-state index contributed by atoms with van der Waals surface area (Å²) in [6, 6.07) is 10.1. The number of methoxy groups -OCH3 is 1. The van der Waals surface area contributed by atoms with Crippen LogP contribution < -0.4 is 0 Å². The Kier molecular flexibility index (Phi) is 8.23. The van der Waals surface area contributed by atoms with Gasteiger partial charge in [-0.2, -0.15) is 0 Å². The molecule has 0 amide bonds. The van der Waals surface area contributed by atoms with E-state index in [1.54, 1.807) is 6.08 Å². The van der Waals surface area contributed by atoms with Crippen molar-refractivity contribution in [3.05, 3.63) is 67.3 Å². The van der Waals surface area contributed by atoms with Gasteiger partial charge in [0.05, 0.1) is 7.11 Å². The van der Waals surface area contributed by atoms with Gasteiger partial charge in [0.1, 0.15) is 0 Å². The zero-order chi connectivity index (χ0) is 12.2. The third-order valence-corrected chi connectivity index (χ3v) is 1.59. The lowest BCUT2D eigenvalue weighted by Gasteiger charge is -1.87. The van der Waals surface area contributed by atoms with Crippen LogP contribution in [-0.4, -0.2) is 13.1 Å². The molecular weight excluding hydrogens is 200 g/mol. The number of hydrogen-bond acceptors (Lipinski definition) is 2. The standard InChI is InChI=1S/C10H10.C4H6O2/c1-2-3-7-10-8-5-4-6-9-10;1-3-4(5)6-2/h2-9H,1H2;3H,1H2,2H3. The van der Waals surface area contributed by atoms with Crippen molar-refractivity contribution in [3.63, 3.8) is 0 Å². The number of carbonyl (C=O) groups excluding carboxylic acids is 1. The number of benzene rings is 1. The van der Waals surface area contributed by atoms with Gasteiger partial charge >= 0.3 is 5.97 Å². The lowest BCUT2D eigenvalue weighted by Crippen LogP contribution is -1.91. The normalized spacial score (nSPS) is 8.81. The predicted molar refractivity (Wildman–Crippen MR) is 67.9 cm³/mol. The van der Waals surface area contributed by atoms with Crippen LogP contribution in [0.15, 0.2) is 61.7 Å². The van der Waals surface area contributed by atoms with Gasteiger partial charge in [0, 0.05) is 6.08 Å². The van der Waals surface area contributed by atoms with Gasteiger partial charge in [-0.1, -0.05) is 61.7 Å². The molecule has 0 aliphatic rings. The molecule has 16 heavy (non-hydrogen) atoms. The minimum atomic E-state index is -0.394. The lowest BCUT2D eigenvalue weighted by atomic mass is 10.2. The van der Waals surface area contributed by atoms with Crippen molar-refractivity contribution in [3.8, 4) is 0 Å². The van der Waals surface area contributed by atoms with Gasteiger partial charge in [0.25, 0.3) is 0 Å². The van der Waals surface area contributed by atoms with Crippen LogP contribution >= 0.6 is 0 Å². The molecule has 0 aromatic heterocycles. The molecule has 0 unspecified atom stereocenters. The highest BCUT2D eigenvalue weighted by atomic mass is 16.5. The van der Waals surface area contributed by atoms with E-state index in [1.165, 1.54) is 12.7 Å². The maximum Gasteiger partial charge on any atom is 0.329 e. The van der Waals surface area contributed by atoms with E-state index in [2.05, 4.69) is 30.0 Å². The van der Waals surface area contributed by atoms with Crippen LogP contribution in [0.5, 0.6) is 0 Å². The van der Waals surface area contributed by atoms with Crippen molar-refractivity contribution >= 4 is 12.0 Å². The summed E-state index contributed by atoms with van der Waals surface area (Å²) in [5, 5.41) is 0. The van der Waals surface area contributed by atoms with Crippen LogP contribution in [0.2, 0.25) is 0 Å². The maximum absolute atomic E-state index is 9.84. The average Bonchev–Trinajstić information content (AvgIpc) is 2.37. The van der Waals surface area contributed by atoms with Crippen LogP contribution in [0, 0.1) is 0 Å². The lowest BCUT2D eigenvalue weighted by molar-refractivity contribution is -0.134. The minimum Gasteiger partial charge on any atom is -0.466 e. The van der Waals surface area contributed by atoms with E-state index in [9.17, 15) is 4.79 Å². The Balaban J connectivity index is 0.000000325. The quantitative estimate of drug-likeness (QED) is 0.440. The number of allylic oxidation sites excluding steroid dienone is 2. The highest BCUT2D eigenvalue weighted by molar-refractivity contribution is 5.80. The predicted octanol–water partition coefficient (Wildman–Crippen LogP) is 3.23. The summed E-state index contributed by atoms with van der Waals surface area (Å²) >= 11 is 0. The SMILES string of the molecule is C=CC(=O)OC.C=CC=Cc1ccccc1. The Morgan fingerprint density at radius 2 is 1.88 bits per heavy atom.